The van der Waals surface area contributed by atoms with Crippen molar-refractivity contribution in [3.8, 4) is 11.5 Å². The minimum atomic E-state index is -0.324. The number of halogens is 1. The van der Waals surface area contributed by atoms with Crippen LogP contribution in [0.1, 0.15) is 16.1 Å². The van der Waals surface area contributed by atoms with E-state index < -0.39 is 0 Å². The number of methoxy groups -OCH3 is 2. The Morgan fingerprint density at radius 2 is 1.83 bits per heavy atom. The van der Waals surface area contributed by atoms with Gasteiger partial charge in [-0.2, -0.15) is 0 Å². The molecule has 1 aromatic heterocycles. The van der Waals surface area contributed by atoms with Crippen LogP contribution in [-0.2, 0) is 6.42 Å². The summed E-state index contributed by atoms with van der Waals surface area (Å²) in [6.45, 7) is 0.404. The summed E-state index contributed by atoms with van der Waals surface area (Å²) < 4.78 is 23.5. The summed E-state index contributed by atoms with van der Waals surface area (Å²) in [7, 11) is 3.14. The predicted molar refractivity (Wildman–Crippen MR) is 107 cm³/mol. The molecule has 0 atom stereocenters. The van der Waals surface area contributed by atoms with E-state index in [1.54, 1.807) is 50.6 Å². The van der Waals surface area contributed by atoms with Gasteiger partial charge in [0.15, 0.2) is 0 Å². The third-order valence-corrected chi connectivity index (χ3v) is 4.18. The summed E-state index contributed by atoms with van der Waals surface area (Å²) in [5, 5.41) is 5.91. The topological polar surface area (TPSA) is 85.4 Å². The van der Waals surface area contributed by atoms with Crippen molar-refractivity contribution in [1.82, 2.24) is 15.3 Å². The van der Waals surface area contributed by atoms with E-state index in [0.29, 0.717) is 36.0 Å². The molecule has 0 unspecified atom stereocenters. The van der Waals surface area contributed by atoms with Gasteiger partial charge in [0.05, 0.1) is 19.9 Å². The number of amides is 1. The number of nitrogens with zero attached hydrogens (tertiary/aromatic N) is 2. The Labute approximate surface area is 167 Å². The normalized spacial score (nSPS) is 10.3. The van der Waals surface area contributed by atoms with Crippen LogP contribution in [0.4, 0.5) is 15.9 Å². The lowest BCUT2D eigenvalue weighted by Gasteiger charge is -2.12. The summed E-state index contributed by atoms with van der Waals surface area (Å²) in [6, 6.07) is 13.0. The molecule has 7 nitrogen and oxygen atoms in total. The van der Waals surface area contributed by atoms with Gasteiger partial charge in [0, 0.05) is 18.7 Å². The molecule has 0 saturated heterocycles. The van der Waals surface area contributed by atoms with Gasteiger partial charge in [-0.05, 0) is 36.2 Å². The van der Waals surface area contributed by atoms with Gasteiger partial charge in [0.25, 0.3) is 5.91 Å². The number of hydrogen-bond acceptors (Lipinski definition) is 6. The number of anilines is 2. The minimum absolute atomic E-state index is 0.225. The van der Waals surface area contributed by atoms with Crippen LogP contribution in [0, 0.1) is 5.82 Å². The third-order valence-electron chi connectivity index (χ3n) is 4.18. The molecule has 2 aromatic carbocycles. The van der Waals surface area contributed by atoms with Gasteiger partial charge in [0.2, 0.25) is 0 Å². The summed E-state index contributed by atoms with van der Waals surface area (Å²) in [4.78, 5) is 20.6. The lowest BCUT2D eigenvalue weighted by Crippen LogP contribution is -2.26. The number of aromatic nitrogens is 2. The number of hydrogen-bond donors (Lipinski definition) is 2. The number of benzene rings is 2. The largest absolute Gasteiger partial charge is 0.497 e. The molecule has 0 saturated carbocycles. The van der Waals surface area contributed by atoms with Crippen molar-refractivity contribution in [3.63, 3.8) is 0 Å². The molecule has 0 aliphatic heterocycles. The van der Waals surface area contributed by atoms with Gasteiger partial charge in [0.1, 0.15) is 35.2 Å². The van der Waals surface area contributed by atoms with Crippen molar-refractivity contribution >= 4 is 17.4 Å². The maximum Gasteiger partial charge on any atom is 0.270 e. The van der Waals surface area contributed by atoms with Crippen molar-refractivity contribution in [2.75, 3.05) is 26.1 Å². The highest BCUT2D eigenvalue weighted by molar-refractivity contribution is 5.93. The Balaban J connectivity index is 1.64. The quantitative estimate of drug-likeness (QED) is 0.607. The number of nitrogens with one attached hydrogen (secondary N) is 2. The molecule has 2 N–H and O–H groups in total. The molecule has 3 rings (SSSR count). The molecule has 0 aliphatic carbocycles. The molecule has 1 heterocycles. The summed E-state index contributed by atoms with van der Waals surface area (Å²) in [5.74, 6) is 1.09. The van der Waals surface area contributed by atoms with Crippen molar-refractivity contribution in [3.05, 3.63) is 71.9 Å². The fourth-order valence-electron chi connectivity index (χ4n) is 2.66. The van der Waals surface area contributed by atoms with Crippen LogP contribution in [0.3, 0.4) is 0 Å². The average molecular weight is 396 g/mol. The standard InChI is InChI=1S/C21H21FN4O3/c1-28-16-7-8-19(29-2)17(11-16)26-20-12-18(24-13-25-20)21(27)23-10-9-14-3-5-15(22)6-4-14/h3-8,11-13H,9-10H2,1-2H3,(H,23,27)(H,24,25,26). The van der Waals surface area contributed by atoms with Crippen LogP contribution in [0.2, 0.25) is 0 Å². The van der Waals surface area contributed by atoms with Gasteiger partial charge in [-0.1, -0.05) is 12.1 Å². The first-order valence-electron chi connectivity index (χ1n) is 8.93. The van der Waals surface area contributed by atoms with Gasteiger partial charge in [-0.25, -0.2) is 14.4 Å². The van der Waals surface area contributed by atoms with E-state index in [9.17, 15) is 9.18 Å². The smallest absolute Gasteiger partial charge is 0.270 e. The summed E-state index contributed by atoms with van der Waals surface area (Å²) in [6.07, 6.45) is 1.90. The maximum atomic E-state index is 12.9. The van der Waals surface area contributed by atoms with E-state index in [4.69, 9.17) is 9.47 Å². The molecule has 0 radical (unpaired) electrons. The zero-order valence-corrected chi connectivity index (χ0v) is 16.1. The summed E-state index contributed by atoms with van der Waals surface area (Å²) in [5.41, 5.74) is 1.80. The molecule has 0 aliphatic rings. The van der Waals surface area contributed by atoms with Crippen LogP contribution in [0.5, 0.6) is 11.5 Å². The van der Waals surface area contributed by atoms with Crippen LogP contribution in [0.25, 0.3) is 0 Å². The zero-order valence-electron chi connectivity index (χ0n) is 16.1. The van der Waals surface area contributed by atoms with Crippen molar-refractivity contribution in [1.29, 1.82) is 0 Å². The Hall–Kier alpha value is -3.68. The second-order valence-electron chi connectivity index (χ2n) is 6.11. The van der Waals surface area contributed by atoms with E-state index in [2.05, 4.69) is 20.6 Å². The zero-order chi connectivity index (χ0) is 20.6. The average Bonchev–Trinajstić information content (AvgIpc) is 2.75. The molecular weight excluding hydrogens is 375 g/mol. The molecule has 3 aromatic rings. The first kappa shape index (κ1) is 20.1. The van der Waals surface area contributed by atoms with Crippen LogP contribution in [0.15, 0.2) is 54.9 Å². The van der Waals surface area contributed by atoms with Crippen LogP contribution >= 0.6 is 0 Å². The van der Waals surface area contributed by atoms with Gasteiger partial charge in [-0.3, -0.25) is 4.79 Å². The van der Waals surface area contributed by atoms with E-state index in [-0.39, 0.29) is 17.4 Å². The fourth-order valence-corrected chi connectivity index (χ4v) is 2.66. The first-order chi connectivity index (χ1) is 14.1. The highest BCUT2D eigenvalue weighted by Gasteiger charge is 2.11. The number of carbonyl (C=O) groups excluding carboxylic acids is 1. The van der Waals surface area contributed by atoms with Crippen molar-refractivity contribution in [2.24, 2.45) is 0 Å². The predicted octanol–water partition coefficient (Wildman–Crippen LogP) is 3.35. The number of carbonyl (C=O) groups is 1. The molecule has 8 heteroatoms. The van der Waals surface area contributed by atoms with Gasteiger partial charge < -0.3 is 20.1 Å². The second-order valence-corrected chi connectivity index (χ2v) is 6.11. The molecule has 0 spiro atoms. The Morgan fingerprint density at radius 3 is 2.55 bits per heavy atom. The van der Waals surface area contributed by atoms with Crippen molar-refractivity contribution < 1.29 is 18.7 Å². The Bertz CT molecular complexity index is 980. The third kappa shape index (κ3) is 5.41. The molecule has 150 valence electrons. The van der Waals surface area contributed by atoms with E-state index >= 15 is 0 Å². The van der Waals surface area contributed by atoms with Gasteiger partial charge in [-0.15, -0.1) is 0 Å². The van der Waals surface area contributed by atoms with E-state index in [0.717, 1.165) is 5.56 Å². The van der Waals surface area contributed by atoms with E-state index in [1.165, 1.54) is 18.5 Å². The highest BCUT2D eigenvalue weighted by atomic mass is 19.1. The Morgan fingerprint density at radius 1 is 1.03 bits per heavy atom. The number of rotatable bonds is 8. The van der Waals surface area contributed by atoms with Crippen LogP contribution in [-0.4, -0.2) is 36.6 Å². The SMILES string of the molecule is COc1ccc(OC)c(Nc2cc(C(=O)NCCc3ccc(F)cc3)ncn2)c1. The molecule has 0 bridgehead atoms. The number of ether oxygens (including phenoxy) is 2. The molecule has 0 fully saturated rings. The van der Waals surface area contributed by atoms with Crippen LogP contribution < -0.4 is 20.1 Å². The molecule has 1 amide bonds. The lowest BCUT2D eigenvalue weighted by molar-refractivity contribution is 0.0949. The fraction of sp³-hybridized carbons (Fsp3) is 0.190. The van der Waals surface area contributed by atoms with Crippen molar-refractivity contribution in [2.45, 2.75) is 6.42 Å². The molecular formula is C21H21FN4O3. The lowest BCUT2D eigenvalue weighted by atomic mass is 10.1. The monoisotopic (exact) mass is 396 g/mol. The minimum Gasteiger partial charge on any atom is -0.497 e. The summed E-state index contributed by atoms with van der Waals surface area (Å²) >= 11 is 0. The first-order valence-corrected chi connectivity index (χ1v) is 8.93. The highest BCUT2D eigenvalue weighted by Crippen LogP contribution is 2.30. The maximum absolute atomic E-state index is 12.9. The van der Waals surface area contributed by atoms with E-state index in [1.807, 2.05) is 0 Å². The second kappa shape index (κ2) is 9.50. The van der Waals surface area contributed by atoms with Gasteiger partial charge >= 0.3 is 0 Å². The molecule has 29 heavy (non-hydrogen) atoms. The Kier molecular flexibility index (Phi) is 6.57.